The standard InChI is InChI=1S/C22H21ClN2O3/c1-15-12-19(16(2)25(15)11-9-17-6-4-3-5-7-17)20(26)14-28-22(27)18-8-10-24-21(23)13-18/h3-8,10,12-13H,9,11,14H2,1-2H3. The van der Waals surface area contributed by atoms with Gasteiger partial charge in [-0.2, -0.15) is 0 Å². The Morgan fingerprint density at radius 2 is 1.86 bits per heavy atom. The number of pyridine rings is 1. The fraction of sp³-hybridized carbons (Fsp3) is 0.227. The number of aryl methyl sites for hydroxylation is 2. The topological polar surface area (TPSA) is 61.2 Å². The fourth-order valence-corrected chi connectivity index (χ4v) is 3.31. The van der Waals surface area contributed by atoms with Crippen LogP contribution in [0.2, 0.25) is 5.15 Å². The lowest BCUT2D eigenvalue weighted by Crippen LogP contribution is -2.15. The predicted molar refractivity (Wildman–Crippen MR) is 108 cm³/mol. The van der Waals surface area contributed by atoms with E-state index in [2.05, 4.69) is 21.7 Å². The summed E-state index contributed by atoms with van der Waals surface area (Å²) in [6.45, 7) is 4.35. The van der Waals surface area contributed by atoms with Gasteiger partial charge in [-0.15, -0.1) is 0 Å². The van der Waals surface area contributed by atoms with E-state index in [1.807, 2.05) is 38.1 Å². The highest BCUT2D eigenvalue weighted by Gasteiger charge is 2.18. The number of ketones is 1. The number of halogens is 1. The molecule has 5 nitrogen and oxygen atoms in total. The molecule has 0 aliphatic rings. The van der Waals surface area contributed by atoms with Crippen molar-refractivity contribution in [3.63, 3.8) is 0 Å². The van der Waals surface area contributed by atoms with Crippen LogP contribution in [0.25, 0.3) is 0 Å². The smallest absolute Gasteiger partial charge is 0.338 e. The van der Waals surface area contributed by atoms with Crippen LogP contribution in [-0.4, -0.2) is 27.9 Å². The Morgan fingerprint density at radius 1 is 1.11 bits per heavy atom. The first-order chi connectivity index (χ1) is 13.5. The van der Waals surface area contributed by atoms with E-state index in [4.69, 9.17) is 16.3 Å². The molecule has 0 fully saturated rings. The van der Waals surface area contributed by atoms with Crippen molar-refractivity contribution in [1.82, 2.24) is 9.55 Å². The summed E-state index contributed by atoms with van der Waals surface area (Å²) in [5.74, 6) is -0.830. The SMILES string of the molecule is Cc1cc(C(=O)COC(=O)c2ccnc(Cl)c2)c(C)n1CCc1ccccc1. The van der Waals surface area contributed by atoms with E-state index in [0.29, 0.717) is 5.56 Å². The van der Waals surface area contributed by atoms with Crippen LogP contribution in [0.15, 0.2) is 54.7 Å². The average Bonchev–Trinajstić information content (AvgIpc) is 2.98. The molecular weight excluding hydrogens is 376 g/mol. The second-order valence-corrected chi connectivity index (χ2v) is 6.93. The van der Waals surface area contributed by atoms with Crippen LogP contribution in [-0.2, 0) is 17.7 Å². The van der Waals surface area contributed by atoms with Crippen LogP contribution in [0.5, 0.6) is 0 Å². The summed E-state index contributed by atoms with van der Waals surface area (Å²) in [6.07, 6.45) is 2.30. The van der Waals surface area contributed by atoms with Crippen LogP contribution < -0.4 is 0 Å². The average molecular weight is 397 g/mol. The molecule has 0 N–H and O–H groups in total. The molecule has 3 rings (SSSR count). The molecule has 0 atom stereocenters. The van der Waals surface area contributed by atoms with Gasteiger partial charge in [0, 0.05) is 29.7 Å². The van der Waals surface area contributed by atoms with Crippen molar-refractivity contribution in [2.24, 2.45) is 0 Å². The van der Waals surface area contributed by atoms with Gasteiger partial charge < -0.3 is 9.30 Å². The maximum atomic E-state index is 12.6. The molecule has 2 heterocycles. The van der Waals surface area contributed by atoms with E-state index < -0.39 is 5.97 Å². The molecular formula is C22H21ClN2O3. The zero-order chi connectivity index (χ0) is 20.1. The van der Waals surface area contributed by atoms with E-state index >= 15 is 0 Å². The quantitative estimate of drug-likeness (QED) is 0.336. The summed E-state index contributed by atoms with van der Waals surface area (Å²) in [7, 11) is 0. The van der Waals surface area contributed by atoms with Crippen LogP contribution >= 0.6 is 11.6 Å². The van der Waals surface area contributed by atoms with E-state index in [0.717, 1.165) is 24.4 Å². The molecule has 0 saturated carbocycles. The lowest BCUT2D eigenvalue weighted by atomic mass is 10.1. The van der Waals surface area contributed by atoms with Crippen molar-refractivity contribution in [2.75, 3.05) is 6.61 Å². The first-order valence-electron chi connectivity index (χ1n) is 8.98. The number of carbonyl (C=O) groups excluding carboxylic acids is 2. The minimum atomic E-state index is -0.601. The molecule has 0 unspecified atom stereocenters. The second-order valence-electron chi connectivity index (χ2n) is 6.54. The first-order valence-corrected chi connectivity index (χ1v) is 9.36. The van der Waals surface area contributed by atoms with E-state index in [1.165, 1.54) is 23.9 Å². The number of nitrogens with zero attached hydrogens (tertiary/aromatic N) is 2. The van der Waals surface area contributed by atoms with E-state index in [9.17, 15) is 9.59 Å². The highest BCUT2D eigenvalue weighted by atomic mass is 35.5. The van der Waals surface area contributed by atoms with Gasteiger partial charge >= 0.3 is 5.97 Å². The zero-order valence-corrected chi connectivity index (χ0v) is 16.6. The number of carbonyl (C=O) groups is 2. The maximum absolute atomic E-state index is 12.6. The van der Waals surface area contributed by atoms with Crippen molar-refractivity contribution in [3.05, 3.63) is 88.0 Å². The Labute approximate surface area is 168 Å². The van der Waals surface area contributed by atoms with Crippen molar-refractivity contribution >= 4 is 23.4 Å². The van der Waals surface area contributed by atoms with Gasteiger partial charge in [-0.1, -0.05) is 41.9 Å². The highest BCUT2D eigenvalue weighted by molar-refractivity contribution is 6.29. The first kappa shape index (κ1) is 19.8. The van der Waals surface area contributed by atoms with Crippen molar-refractivity contribution in [3.8, 4) is 0 Å². The molecule has 0 aliphatic carbocycles. The molecule has 0 radical (unpaired) electrons. The molecule has 144 valence electrons. The molecule has 3 aromatic rings. The molecule has 1 aromatic carbocycles. The Kier molecular flexibility index (Phi) is 6.26. The van der Waals surface area contributed by atoms with Gasteiger partial charge in [0.25, 0.3) is 0 Å². The minimum Gasteiger partial charge on any atom is -0.454 e. The number of ether oxygens (including phenoxy) is 1. The summed E-state index contributed by atoms with van der Waals surface area (Å²) in [5, 5.41) is 0.197. The summed E-state index contributed by atoms with van der Waals surface area (Å²) in [4.78, 5) is 28.5. The van der Waals surface area contributed by atoms with Crippen molar-refractivity contribution in [2.45, 2.75) is 26.8 Å². The Morgan fingerprint density at radius 3 is 2.57 bits per heavy atom. The van der Waals surface area contributed by atoms with Crippen LogP contribution in [0.4, 0.5) is 0 Å². The summed E-state index contributed by atoms with van der Waals surface area (Å²) < 4.78 is 7.26. The molecule has 2 aromatic heterocycles. The lowest BCUT2D eigenvalue weighted by molar-refractivity contribution is 0.0474. The minimum absolute atomic E-state index is 0.197. The number of hydrogen-bond donors (Lipinski definition) is 0. The van der Waals surface area contributed by atoms with Gasteiger partial charge in [0.15, 0.2) is 6.61 Å². The number of Topliss-reactive ketones (excluding diaryl/α,β-unsaturated/α-hetero) is 1. The number of esters is 1. The molecule has 0 amide bonds. The Balaban J connectivity index is 1.64. The Hall–Kier alpha value is -2.92. The fourth-order valence-electron chi connectivity index (χ4n) is 3.13. The number of benzene rings is 1. The second kappa shape index (κ2) is 8.85. The molecule has 0 aliphatic heterocycles. The highest BCUT2D eigenvalue weighted by Crippen LogP contribution is 2.17. The molecule has 6 heteroatoms. The third-order valence-electron chi connectivity index (χ3n) is 4.64. The molecule has 28 heavy (non-hydrogen) atoms. The number of hydrogen-bond acceptors (Lipinski definition) is 4. The summed E-state index contributed by atoms with van der Waals surface area (Å²) in [6, 6.07) is 15.0. The molecule has 0 spiro atoms. The molecule has 0 saturated heterocycles. The van der Waals surface area contributed by atoms with Gasteiger partial charge in [0.2, 0.25) is 5.78 Å². The van der Waals surface area contributed by atoms with Gasteiger partial charge in [-0.3, -0.25) is 4.79 Å². The predicted octanol–water partition coefficient (Wildman–Crippen LogP) is 4.44. The van der Waals surface area contributed by atoms with Crippen LogP contribution in [0.1, 0.15) is 37.7 Å². The normalized spacial score (nSPS) is 10.7. The Bertz CT molecular complexity index is 996. The van der Waals surface area contributed by atoms with Crippen LogP contribution in [0, 0.1) is 13.8 Å². The van der Waals surface area contributed by atoms with E-state index in [1.54, 1.807) is 0 Å². The number of aromatic nitrogens is 2. The van der Waals surface area contributed by atoms with Gasteiger partial charge in [0.1, 0.15) is 5.15 Å². The van der Waals surface area contributed by atoms with Crippen LogP contribution in [0.3, 0.4) is 0 Å². The van der Waals surface area contributed by atoms with E-state index in [-0.39, 0.29) is 23.1 Å². The largest absolute Gasteiger partial charge is 0.454 e. The van der Waals surface area contributed by atoms with Crippen molar-refractivity contribution < 1.29 is 14.3 Å². The molecule has 0 bridgehead atoms. The monoisotopic (exact) mass is 396 g/mol. The third kappa shape index (κ3) is 4.67. The third-order valence-corrected chi connectivity index (χ3v) is 4.84. The zero-order valence-electron chi connectivity index (χ0n) is 15.8. The van der Waals surface area contributed by atoms with Gasteiger partial charge in [-0.25, -0.2) is 9.78 Å². The summed E-state index contributed by atoms with van der Waals surface area (Å²) in [5.41, 5.74) is 3.96. The van der Waals surface area contributed by atoms with Gasteiger partial charge in [-0.05, 0) is 44.0 Å². The van der Waals surface area contributed by atoms with Gasteiger partial charge in [0.05, 0.1) is 5.56 Å². The lowest BCUT2D eigenvalue weighted by Gasteiger charge is -2.10. The number of rotatable bonds is 7. The summed E-state index contributed by atoms with van der Waals surface area (Å²) >= 11 is 5.77. The van der Waals surface area contributed by atoms with Crippen molar-refractivity contribution in [1.29, 1.82) is 0 Å². The maximum Gasteiger partial charge on any atom is 0.338 e.